The Balaban J connectivity index is 1.72. The SMILES string of the molecule is CC(C)Oc1cccc(C(=O)N2CCC[C@@H](c3ccncc3)C2)n1. The first-order valence-corrected chi connectivity index (χ1v) is 8.46. The van der Waals surface area contributed by atoms with Gasteiger partial charge in [0.2, 0.25) is 5.88 Å². The molecular formula is C19H23N3O2. The molecule has 126 valence electrons. The summed E-state index contributed by atoms with van der Waals surface area (Å²) in [5.74, 6) is 0.835. The molecule has 5 nitrogen and oxygen atoms in total. The first-order valence-electron chi connectivity index (χ1n) is 8.46. The highest BCUT2D eigenvalue weighted by molar-refractivity contribution is 5.92. The third kappa shape index (κ3) is 3.91. The zero-order chi connectivity index (χ0) is 16.9. The van der Waals surface area contributed by atoms with Gasteiger partial charge in [0.25, 0.3) is 5.91 Å². The molecule has 1 amide bonds. The molecule has 0 unspecified atom stereocenters. The van der Waals surface area contributed by atoms with Crippen molar-refractivity contribution in [1.29, 1.82) is 0 Å². The first-order chi connectivity index (χ1) is 11.6. The van der Waals surface area contributed by atoms with Gasteiger partial charge in [-0.15, -0.1) is 0 Å². The number of piperidine rings is 1. The Morgan fingerprint density at radius 3 is 2.79 bits per heavy atom. The Bertz CT molecular complexity index is 688. The molecule has 2 aromatic heterocycles. The third-order valence-electron chi connectivity index (χ3n) is 4.19. The quantitative estimate of drug-likeness (QED) is 0.865. The van der Waals surface area contributed by atoms with E-state index in [0.29, 0.717) is 17.5 Å². The largest absolute Gasteiger partial charge is 0.475 e. The molecule has 0 aromatic carbocycles. The maximum Gasteiger partial charge on any atom is 0.272 e. The fourth-order valence-electron chi connectivity index (χ4n) is 3.07. The van der Waals surface area contributed by atoms with Crippen LogP contribution in [-0.2, 0) is 0 Å². The van der Waals surface area contributed by atoms with Crippen LogP contribution >= 0.6 is 0 Å². The van der Waals surface area contributed by atoms with E-state index in [1.54, 1.807) is 12.1 Å². The van der Waals surface area contributed by atoms with Crippen molar-refractivity contribution in [2.45, 2.75) is 38.7 Å². The molecule has 1 atom stereocenters. The number of hydrogen-bond donors (Lipinski definition) is 0. The maximum atomic E-state index is 12.8. The number of rotatable bonds is 4. The summed E-state index contributed by atoms with van der Waals surface area (Å²) in [4.78, 5) is 23.1. The number of carbonyl (C=O) groups is 1. The van der Waals surface area contributed by atoms with Crippen molar-refractivity contribution >= 4 is 5.91 Å². The van der Waals surface area contributed by atoms with Crippen LogP contribution in [0.25, 0.3) is 0 Å². The smallest absolute Gasteiger partial charge is 0.272 e. The summed E-state index contributed by atoms with van der Waals surface area (Å²) in [6.45, 7) is 5.39. The fourth-order valence-corrected chi connectivity index (χ4v) is 3.07. The highest BCUT2D eigenvalue weighted by Gasteiger charge is 2.26. The Morgan fingerprint density at radius 2 is 2.04 bits per heavy atom. The molecule has 0 spiro atoms. The molecule has 1 saturated heterocycles. The number of carbonyl (C=O) groups excluding carboxylic acids is 1. The Kier molecular flexibility index (Phi) is 5.08. The maximum absolute atomic E-state index is 12.8. The lowest BCUT2D eigenvalue weighted by Crippen LogP contribution is -2.39. The molecule has 1 aliphatic heterocycles. The van der Waals surface area contributed by atoms with E-state index in [2.05, 4.69) is 9.97 Å². The average molecular weight is 325 g/mol. The number of likely N-dealkylation sites (tertiary alicyclic amines) is 1. The number of pyridine rings is 2. The van der Waals surface area contributed by atoms with Crippen LogP contribution in [0.1, 0.15) is 48.7 Å². The molecule has 0 saturated carbocycles. The minimum Gasteiger partial charge on any atom is -0.475 e. The van der Waals surface area contributed by atoms with Crippen molar-refractivity contribution in [2.24, 2.45) is 0 Å². The minimum atomic E-state index is -0.0250. The Hall–Kier alpha value is -2.43. The van der Waals surface area contributed by atoms with Gasteiger partial charge in [-0.25, -0.2) is 4.98 Å². The van der Waals surface area contributed by atoms with Gasteiger partial charge in [-0.05, 0) is 50.5 Å². The van der Waals surface area contributed by atoms with Crippen molar-refractivity contribution in [3.63, 3.8) is 0 Å². The van der Waals surface area contributed by atoms with Gasteiger partial charge >= 0.3 is 0 Å². The predicted molar refractivity (Wildman–Crippen MR) is 92.1 cm³/mol. The molecule has 0 radical (unpaired) electrons. The summed E-state index contributed by atoms with van der Waals surface area (Å²) in [5.41, 5.74) is 1.69. The fraction of sp³-hybridized carbons (Fsp3) is 0.421. The van der Waals surface area contributed by atoms with E-state index in [1.807, 2.05) is 49.3 Å². The highest BCUT2D eigenvalue weighted by Crippen LogP contribution is 2.27. The van der Waals surface area contributed by atoms with Crippen LogP contribution in [0.2, 0.25) is 0 Å². The van der Waals surface area contributed by atoms with Crippen molar-refractivity contribution in [3.8, 4) is 5.88 Å². The average Bonchev–Trinajstić information content (AvgIpc) is 2.62. The Morgan fingerprint density at radius 1 is 1.25 bits per heavy atom. The van der Waals surface area contributed by atoms with Crippen LogP contribution in [0.15, 0.2) is 42.7 Å². The van der Waals surface area contributed by atoms with Gasteiger partial charge in [0.15, 0.2) is 0 Å². The number of hydrogen-bond acceptors (Lipinski definition) is 4. The highest BCUT2D eigenvalue weighted by atomic mass is 16.5. The molecular weight excluding hydrogens is 302 g/mol. The van der Waals surface area contributed by atoms with E-state index in [0.717, 1.165) is 25.9 Å². The minimum absolute atomic E-state index is 0.0250. The van der Waals surface area contributed by atoms with Crippen LogP contribution in [0.5, 0.6) is 5.88 Å². The van der Waals surface area contributed by atoms with E-state index in [9.17, 15) is 4.79 Å². The van der Waals surface area contributed by atoms with Crippen LogP contribution in [0, 0.1) is 0 Å². The van der Waals surface area contributed by atoms with Gasteiger partial charge in [0.1, 0.15) is 5.69 Å². The molecule has 0 aliphatic carbocycles. The first kappa shape index (κ1) is 16.4. The molecule has 3 heterocycles. The normalized spacial score (nSPS) is 17.8. The van der Waals surface area contributed by atoms with Crippen molar-refractivity contribution in [3.05, 3.63) is 54.0 Å². The molecule has 1 aliphatic rings. The van der Waals surface area contributed by atoms with Gasteiger partial charge in [-0.3, -0.25) is 9.78 Å². The number of aromatic nitrogens is 2. The zero-order valence-electron chi connectivity index (χ0n) is 14.2. The standard InChI is InChI=1S/C19H23N3O2/c1-14(2)24-18-7-3-6-17(21-18)19(23)22-12-4-5-16(13-22)15-8-10-20-11-9-15/h3,6-11,14,16H,4-5,12-13H2,1-2H3/t16-/m1/s1. The summed E-state index contributed by atoms with van der Waals surface area (Å²) in [7, 11) is 0. The second-order valence-electron chi connectivity index (χ2n) is 6.40. The van der Waals surface area contributed by atoms with Crippen molar-refractivity contribution in [2.75, 3.05) is 13.1 Å². The summed E-state index contributed by atoms with van der Waals surface area (Å²) < 4.78 is 5.59. The molecule has 5 heteroatoms. The second-order valence-corrected chi connectivity index (χ2v) is 6.40. The van der Waals surface area contributed by atoms with E-state index in [1.165, 1.54) is 5.56 Å². The van der Waals surface area contributed by atoms with Crippen LogP contribution in [0.3, 0.4) is 0 Å². The summed E-state index contributed by atoms with van der Waals surface area (Å²) in [6.07, 6.45) is 5.75. The lowest BCUT2D eigenvalue weighted by molar-refractivity contribution is 0.0699. The van der Waals surface area contributed by atoms with E-state index >= 15 is 0 Å². The van der Waals surface area contributed by atoms with E-state index in [4.69, 9.17) is 4.74 Å². The molecule has 0 bridgehead atoms. The predicted octanol–water partition coefficient (Wildman–Crippen LogP) is 3.28. The van der Waals surface area contributed by atoms with Crippen LogP contribution < -0.4 is 4.74 Å². The summed E-state index contributed by atoms with van der Waals surface area (Å²) >= 11 is 0. The Labute approximate surface area is 142 Å². The topological polar surface area (TPSA) is 55.3 Å². The monoisotopic (exact) mass is 325 g/mol. The lowest BCUT2D eigenvalue weighted by Gasteiger charge is -2.32. The zero-order valence-corrected chi connectivity index (χ0v) is 14.2. The van der Waals surface area contributed by atoms with Crippen LogP contribution in [-0.4, -0.2) is 40.0 Å². The summed E-state index contributed by atoms with van der Waals surface area (Å²) in [6, 6.07) is 9.43. The molecule has 24 heavy (non-hydrogen) atoms. The van der Waals surface area contributed by atoms with Gasteiger partial charge in [0, 0.05) is 37.5 Å². The van der Waals surface area contributed by atoms with Gasteiger partial charge in [0.05, 0.1) is 6.10 Å². The number of amides is 1. The second kappa shape index (κ2) is 7.43. The van der Waals surface area contributed by atoms with Gasteiger partial charge < -0.3 is 9.64 Å². The van der Waals surface area contributed by atoms with Crippen LogP contribution in [0.4, 0.5) is 0 Å². The van der Waals surface area contributed by atoms with Gasteiger partial charge in [-0.1, -0.05) is 6.07 Å². The molecule has 1 fully saturated rings. The van der Waals surface area contributed by atoms with E-state index in [-0.39, 0.29) is 12.0 Å². The molecule has 0 N–H and O–H groups in total. The van der Waals surface area contributed by atoms with Crippen molar-refractivity contribution < 1.29 is 9.53 Å². The number of ether oxygens (including phenoxy) is 1. The third-order valence-corrected chi connectivity index (χ3v) is 4.19. The van der Waals surface area contributed by atoms with Gasteiger partial charge in [-0.2, -0.15) is 0 Å². The van der Waals surface area contributed by atoms with Crippen molar-refractivity contribution in [1.82, 2.24) is 14.9 Å². The molecule has 3 rings (SSSR count). The number of nitrogens with zero attached hydrogens (tertiary/aromatic N) is 3. The van der Waals surface area contributed by atoms with E-state index < -0.39 is 0 Å². The lowest BCUT2D eigenvalue weighted by atomic mass is 9.91. The summed E-state index contributed by atoms with van der Waals surface area (Å²) in [5, 5.41) is 0. The molecule has 2 aromatic rings.